The van der Waals surface area contributed by atoms with Gasteiger partial charge < -0.3 is 10.1 Å². The van der Waals surface area contributed by atoms with Gasteiger partial charge >= 0.3 is 0 Å². The summed E-state index contributed by atoms with van der Waals surface area (Å²) < 4.78 is 19.4. The second kappa shape index (κ2) is 7.45. The van der Waals surface area contributed by atoms with Gasteiger partial charge in [0.15, 0.2) is 0 Å². The van der Waals surface area contributed by atoms with Gasteiger partial charge in [-0.2, -0.15) is 0 Å². The molecule has 0 atom stereocenters. The minimum absolute atomic E-state index is 0.247. The van der Waals surface area contributed by atoms with E-state index in [-0.39, 0.29) is 5.82 Å². The van der Waals surface area contributed by atoms with Gasteiger partial charge in [-0.15, -0.1) is 0 Å². The second-order valence-corrected chi connectivity index (χ2v) is 4.86. The van der Waals surface area contributed by atoms with Crippen LogP contribution in [0.4, 0.5) is 4.39 Å². The van der Waals surface area contributed by atoms with Crippen molar-refractivity contribution in [3.8, 4) is 5.75 Å². The van der Waals surface area contributed by atoms with Crippen molar-refractivity contribution in [1.29, 1.82) is 0 Å². The van der Waals surface area contributed by atoms with Gasteiger partial charge in [0.25, 0.3) is 0 Å². The lowest BCUT2D eigenvalue weighted by molar-refractivity contribution is 0.354. The van der Waals surface area contributed by atoms with E-state index in [0.717, 1.165) is 23.0 Å². The first kappa shape index (κ1) is 14.2. The summed E-state index contributed by atoms with van der Waals surface area (Å²) in [6.07, 6.45) is 1.05. The van der Waals surface area contributed by atoms with Crippen molar-refractivity contribution in [3.63, 3.8) is 0 Å². The van der Waals surface area contributed by atoms with Crippen molar-refractivity contribution in [3.05, 3.63) is 40.6 Å². The van der Waals surface area contributed by atoms with Crippen LogP contribution >= 0.6 is 15.9 Å². The molecule has 0 radical (unpaired) electrons. The molecule has 1 rings (SSSR count). The number of halogens is 2. The molecule has 0 aliphatic carbocycles. The fourth-order valence-electron chi connectivity index (χ4n) is 1.38. The van der Waals surface area contributed by atoms with Gasteiger partial charge in [-0.25, -0.2) is 4.39 Å². The van der Waals surface area contributed by atoms with E-state index in [2.05, 4.69) is 34.7 Å². The van der Waals surface area contributed by atoms with Crippen molar-refractivity contribution in [2.75, 3.05) is 13.2 Å². The zero-order valence-electron chi connectivity index (χ0n) is 9.93. The Labute approximate surface area is 110 Å². The lowest BCUT2D eigenvalue weighted by Gasteiger charge is -2.11. The Hall–Kier alpha value is -0.870. The van der Waals surface area contributed by atoms with Crippen LogP contribution in [0.15, 0.2) is 29.3 Å². The predicted octanol–water partition coefficient (Wildman–Crippen LogP) is 3.61. The summed E-state index contributed by atoms with van der Waals surface area (Å²) in [4.78, 5) is 0. The Morgan fingerprint density at radius 3 is 2.94 bits per heavy atom. The minimum Gasteiger partial charge on any atom is -0.488 e. The van der Waals surface area contributed by atoms with Crippen LogP contribution in [0.1, 0.15) is 18.9 Å². The molecule has 0 amide bonds. The lowest BCUT2D eigenvalue weighted by Crippen LogP contribution is -2.15. The molecule has 17 heavy (non-hydrogen) atoms. The lowest BCUT2D eigenvalue weighted by atomic mass is 10.2. The summed E-state index contributed by atoms with van der Waals surface area (Å²) in [5, 5.41) is 3.23. The molecule has 0 fully saturated rings. The number of ether oxygens (including phenoxy) is 1. The zero-order chi connectivity index (χ0) is 12.7. The quantitative estimate of drug-likeness (QED) is 0.777. The van der Waals surface area contributed by atoms with E-state index < -0.39 is 0 Å². The summed E-state index contributed by atoms with van der Waals surface area (Å²) in [6.45, 7) is 7.67. The SMILES string of the molecule is C=C(Br)COc1ccc(F)cc1CNCCC. The third-order valence-corrected chi connectivity index (χ3v) is 2.38. The molecule has 0 spiro atoms. The molecule has 2 nitrogen and oxygen atoms in total. The van der Waals surface area contributed by atoms with Crippen LogP contribution in [0.25, 0.3) is 0 Å². The van der Waals surface area contributed by atoms with Gasteiger partial charge in [0, 0.05) is 16.6 Å². The number of rotatable bonds is 7. The normalized spacial score (nSPS) is 10.3. The van der Waals surface area contributed by atoms with Crippen molar-refractivity contribution in [2.24, 2.45) is 0 Å². The largest absolute Gasteiger partial charge is 0.488 e. The monoisotopic (exact) mass is 301 g/mol. The highest BCUT2D eigenvalue weighted by atomic mass is 79.9. The first-order valence-corrected chi connectivity index (χ1v) is 6.38. The number of hydrogen-bond acceptors (Lipinski definition) is 2. The molecule has 0 aliphatic rings. The van der Waals surface area contributed by atoms with E-state index in [1.807, 2.05) is 0 Å². The minimum atomic E-state index is -0.247. The molecule has 0 unspecified atom stereocenters. The molecule has 1 aromatic rings. The molecule has 0 aromatic heterocycles. The second-order valence-electron chi connectivity index (χ2n) is 3.73. The van der Waals surface area contributed by atoms with Crippen LogP contribution in [0.3, 0.4) is 0 Å². The summed E-state index contributed by atoms with van der Waals surface area (Å²) >= 11 is 3.23. The maximum Gasteiger partial charge on any atom is 0.124 e. The molecule has 1 aromatic carbocycles. The van der Waals surface area contributed by atoms with E-state index >= 15 is 0 Å². The maximum atomic E-state index is 13.1. The molecule has 1 N–H and O–H groups in total. The van der Waals surface area contributed by atoms with Crippen LogP contribution in [-0.4, -0.2) is 13.2 Å². The predicted molar refractivity (Wildman–Crippen MR) is 72.0 cm³/mol. The van der Waals surface area contributed by atoms with Crippen molar-refractivity contribution < 1.29 is 9.13 Å². The van der Waals surface area contributed by atoms with Crippen LogP contribution in [-0.2, 0) is 6.54 Å². The van der Waals surface area contributed by atoms with E-state index in [1.165, 1.54) is 12.1 Å². The number of nitrogens with one attached hydrogen (secondary N) is 1. The molecule has 94 valence electrons. The van der Waals surface area contributed by atoms with E-state index in [1.54, 1.807) is 6.07 Å². The highest BCUT2D eigenvalue weighted by Gasteiger charge is 2.05. The van der Waals surface area contributed by atoms with Crippen LogP contribution < -0.4 is 10.1 Å². The molecule has 0 saturated heterocycles. The van der Waals surface area contributed by atoms with Gasteiger partial charge in [-0.05, 0) is 31.2 Å². The standard InChI is InChI=1S/C13H17BrFNO/c1-3-6-16-8-11-7-12(15)4-5-13(11)17-9-10(2)14/h4-5,7,16H,2-3,6,8-9H2,1H3. The average molecular weight is 302 g/mol. The van der Waals surface area contributed by atoms with E-state index in [9.17, 15) is 4.39 Å². The average Bonchev–Trinajstić information content (AvgIpc) is 2.28. The molecule has 0 saturated carbocycles. The Morgan fingerprint density at radius 2 is 2.29 bits per heavy atom. The Bertz CT molecular complexity index is 382. The molecular weight excluding hydrogens is 285 g/mol. The summed E-state index contributed by atoms with van der Waals surface area (Å²) in [5.41, 5.74) is 0.826. The molecule has 0 heterocycles. The van der Waals surface area contributed by atoms with Crippen molar-refractivity contribution in [2.45, 2.75) is 19.9 Å². The first-order chi connectivity index (χ1) is 8.13. The highest BCUT2D eigenvalue weighted by Crippen LogP contribution is 2.20. The third-order valence-electron chi connectivity index (χ3n) is 2.15. The molecular formula is C13H17BrFNO. The number of benzene rings is 1. The van der Waals surface area contributed by atoms with Gasteiger partial charge in [0.05, 0.1) is 0 Å². The van der Waals surface area contributed by atoms with Gasteiger partial charge in [-0.1, -0.05) is 29.4 Å². The van der Waals surface area contributed by atoms with E-state index in [4.69, 9.17) is 4.74 Å². The molecule has 0 bridgehead atoms. The summed E-state index contributed by atoms with van der Waals surface area (Å²) in [7, 11) is 0. The Morgan fingerprint density at radius 1 is 1.53 bits per heavy atom. The zero-order valence-corrected chi connectivity index (χ0v) is 11.5. The highest BCUT2D eigenvalue weighted by molar-refractivity contribution is 9.11. The van der Waals surface area contributed by atoms with Gasteiger partial charge in [-0.3, -0.25) is 0 Å². The van der Waals surface area contributed by atoms with Crippen molar-refractivity contribution in [1.82, 2.24) is 5.32 Å². The van der Waals surface area contributed by atoms with Crippen LogP contribution in [0.2, 0.25) is 0 Å². The Kier molecular flexibility index (Phi) is 6.22. The van der Waals surface area contributed by atoms with Crippen molar-refractivity contribution >= 4 is 15.9 Å². The van der Waals surface area contributed by atoms with Crippen LogP contribution in [0, 0.1) is 5.82 Å². The maximum absolute atomic E-state index is 13.1. The third kappa shape index (κ3) is 5.33. The van der Waals surface area contributed by atoms with Gasteiger partial charge in [0.1, 0.15) is 18.2 Å². The number of hydrogen-bond donors (Lipinski definition) is 1. The van der Waals surface area contributed by atoms with E-state index in [0.29, 0.717) is 18.9 Å². The molecule has 4 heteroatoms. The summed E-state index contributed by atoms with van der Waals surface area (Å²) in [6, 6.07) is 4.54. The topological polar surface area (TPSA) is 21.3 Å². The van der Waals surface area contributed by atoms with Gasteiger partial charge in [0.2, 0.25) is 0 Å². The fraction of sp³-hybridized carbons (Fsp3) is 0.385. The first-order valence-electron chi connectivity index (χ1n) is 5.58. The fourth-order valence-corrected chi connectivity index (χ4v) is 1.50. The summed E-state index contributed by atoms with van der Waals surface area (Å²) in [5.74, 6) is 0.443. The smallest absolute Gasteiger partial charge is 0.124 e. The Balaban J connectivity index is 2.69. The van der Waals surface area contributed by atoms with Crippen LogP contribution in [0.5, 0.6) is 5.75 Å². The molecule has 0 aliphatic heterocycles.